The van der Waals surface area contributed by atoms with Crippen LogP contribution in [0.15, 0.2) is 186 Å². The van der Waals surface area contributed by atoms with Crippen LogP contribution in [-0.4, -0.2) is 19.1 Å². The highest BCUT2D eigenvalue weighted by Crippen LogP contribution is 2.46. The summed E-state index contributed by atoms with van der Waals surface area (Å²) in [5.41, 5.74) is 12.4. The first-order valence-electron chi connectivity index (χ1n) is 18.6. The molecule has 0 saturated carbocycles. The molecule has 0 saturated heterocycles. The fourth-order valence-electron chi connectivity index (χ4n) is 8.73. The molecule has 12 aromatic rings. The lowest BCUT2D eigenvalue weighted by molar-refractivity contribution is 0.673. The summed E-state index contributed by atoms with van der Waals surface area (Å²) in [5, 5.41) is 7.76. The highest BCUT2D eigenvalue weighted by atomic mass is 16.3. The van der Waals surface area contributed by atoms with Gasteiger partial charge in [-0.25, -0.2) is 9.97 Å². The molecule has 0 fully saturated rings. The zero-order chi connectivity index (χ0) is 36.0. The molecule has 0 N–H and O–H groups in total. The molecule has 12 rings (SSSR count). The van der Waals surface area contributed by atoms with E-state index in [-0.39, 0.29) is 0 Å². The Hall–Kier alpha value is -7.50. The number of para-hydroxylation sites is 4. The second-order valence-electron chi connectivity index (χ2n) is 14.1. The molecule has 55 heavy (non-hydrogen) atoms. The van der Waals surface area contributed by atoms with Gasteiger partial charge in [-0.3, -0.25) is 4.57 Å². The Balaban J connectivity index is 1.19. The Morgan fingerprint density at radius 2 is 0.964 bits per heavy atom. The lowest BCUT2D eigenvalue weighted by atomic mass is 10.0. The molecule has 0 bridgehead atoms. The normalized spacial score (nSPS) is 12.0. The van der Waals surface area contributed by atoms with Gasteiger partial charge in [0.05, 0.1) is 38.7 Å². The van der Waals surface area contributed by atoms with Crippen LogP contribution in [0.3, 0.4) is 0 Å². The molecule has 5 nitrogen and oxygen atoms in total. The molecule has 256 valence electrons. The molecule has 0 spiro atoms. The number of hydrogen-bond acceptors (Lipinski definition) is 3. The molecular weight excluding hydrogens is 673 g/mol. The number of benzene rings is 8. The molecule has 0 aliphatic heterocycles. The maximum atomic E-state index is 6.78. The van der Waals surface area contributed by atoms with Crippen LogP contribution < -0.4 is 0 Å². The zero-order valence-corrected chi connectivity index (χ0v) is 29.5. The molecule has 0 unspecified atom stereocenters. The molecule has 0 amide bonds. The predicted molar refractivity (Wildman–Crippen MR) is 226 cm³/mol. The lowest BCUT2D eigenvalue weighted by Gasteiger charge is -2.12. The first-order chi connectivity index (χ1) is 27.3. The van der Waals surface area contributed by atoms with Crippen molar-refractivity contribution in [1.82, 2.24) is 19.1 Å². The van der Waals surface area contributed by atoms with Gasteiger partial charge in [0, 0.05) is 43.6 Å². The van der Waals surface area contributed by atoms with E-state index in [2.05, 4.69) is 173 Å². The van der Waals surface area contributed by atoms with Gasteiger partial charge in [-0.05, 0) is 65.7 Å². The van der Waals surface area contributed by atoms with Gasteiger partial charge >= 0.3 is 0 Å². The summed E-state index contributed by atoms with van der Waals surface area (Å²) in [6.07, 6.45) is 0. The van der Waals surface area contributed by atoms with Crippen LogP contribution >= 0.6 is 0 Å². The minimum absolute atomic E-state index is 0.632. The van der Waals surface area contributed by atoms with E-state index in [0.29, 0.717) is 5.95 Å². The highest BCUT2D eigenvalue weighted by molar-refractivity contribution is 6.33. The van der Waals surface area contributed by atoms with E-state index in [1.807, 2.05) is 18.2 Å². The third kappa shape index (κ3) is 4.35. The number of rotatable bonds is 4. The van der Waals surface area contributed by atoms with Crippen molar-refractivity contribution in [2.45, 2.75) is 0 Å². The smallest absolute Gasteiger partial charge is 0.235 e. The summed E-state index contributed by atoms with van der Waals surface area (Å²) >= 11 is 0. The summed E-state index contributed by atoms with van der Waals surface area (Å²) in [7, 11) is 0. The molecule has 5 heteroatoms. The first-order valence-corrected chi connectivity index (χ1v) is 18.6. The topological polar surface area (TPSA) is 48.8 Å². The van der Waals surface area contributed by atoms with Gasteiger partial charge in [0.25, 0.3) is 0 Å². The third-order valence-electron chi connectivity index (χ3n) is 11.1. The van der Waals surface area contributed by atoms with E-state index in [1.54, 1.807) is 0 Å². The Morgan fingerprint density at radius 1 is 0.364 bits per heavy atom. The maximum Gasteiger partial charge on any atom is 0.235 e. The van der Waals surface area contributed by atoms with Gasteiger partial charge in [0.1, 0.15) is 11.2 Å². The van der Waals surface area contributed by atoms with Crippen LogP contribution in [0.2, 0.25) is 0 Å². The summed E-state index contributed by atoms with van der Waals surface area (Å²) in [5.74, 6) is 0.632. The van der Waals surface area contributed by atoms with Crippen molar-refractivity contribution in [1.29, 1.82) is 0 Å². The zero-order valence-electron chi connectivity index (χ0n) is 29.5. The van der Waals surface area contributed by atoms with E-state index in [1.165, 1.54) is 11.1 Å². The minimum Gasteiger partial charge on any atom is -0.455 e. The molecule has 4 aromatic heterocycles. The van der Waals surface area contributed by atoms with Gasteiger partial charge in [0.2, 0.25) is 5.95 Å². The molecule has 0 radical (unpaired) electrons. The fraction of sp³-hybridized carbons (Fsp3) is 0. The van der Waals surface area contributed by atoms with Crippen LogP contribution in [0.1, 0.15) is 0 Å². The van der Waals surface area contributed by atoms with Gasteiger partial charge < -0.3 is 8.98 Å². The fourth-order valence-corrected chi connectivity index (χ4v) is 8.73. The van der Waals surface area contributed by atoms with E-state index in [4.69, 9.17) is 14.4 Å². The maximum absolute atomic E-state index is 6.78. The van der Waals surface area contributed by atoms with Crippen molar-refractivity contribution >= 4 is 76.5 Å². The van der Waals surface area contributed by atoms with Gasteiger partial charge in [-0.1, -0.05) is 127 Å². The summed E-state index contributed by atoms with van der Waals surface area (Å²) in [4.78, 5) is 10.7. The highest BCUT2D eigenvalue weighted by Gasteiger charge is 2.25. The summed E-state index contributed by atoms with van der Waals surface area (Å²) < 4.78 is 11.4. The molecule has 0 aliphatic carbocycles. The standard InChI is InChI=1S/C50H30N4O/c1-3-13-31(14-4-1)32-23-25-33(26-24-32)48-37-18-7-10-20-39(37)51-50(52-48)54-40-21-11-8-19-38(40)45-41(54)29-30-42-46(45)47-43(53(42)34-15-5-2-6-16-34)28-27-36-35-17-9-12-22-44(35)55-49(36)47/h1-30H. The second kappa shape index (κ2) is 11.5. The van der Waals surface area contributed by atoms with Crippen molar-refractivity contribution in [2.24, 2.45) is 0 Å². The largest absolute Gasteiger partial charge is 0.455 e. The van der Waals surface area contributed by atoms with Crippen LogP contribution in [0.25, 0.3) is 110 Å². The Labute approximate surface area is 315 Å². The van der Waals surface area contributed by atoms with Crippen molar-refractivity contribution < 1.29 is 4.42 Å². The average molecular weight is 703 g/mol. The number of fused-ring (bicyclic) bond motifs is 12. The van der Waals surface area contributed by atoms with Crippen LogP contribution in [0.5, 0.6) is 0 Å². The number of nitrogens with zero attached hydrogens (tertiary/aromatic N) is 4. The van der Waals surface area contributed by atoms with Crippen molar-refractivity contribution in [3.8, 4) is 34.0 Å². The first kappa shape index (κ1) is 30.0. The van der Waals surface area contributed by atoms with Crippen molar-refractivity contribution in [3.63, 3.8) is 0 Å². The average Bonchev–Trinajstić information content (AvgIpc) is 3.91. The SMILES string of the molecule is c1ccc(-c2ccc(-c3nc(-n4c5ccccc5c5c6c7c8oc9ccccc9c8ccc7n(-c7ccccc7)c6ccc54)nc4ccccc34)cc2)cc1. The van der Waals surface area contributed by atoms with Crippen LogP contribution in [-0.2, 0) is 0 Å². The number of aromatic nitrogens is 4. The predicted octanol–water partition coefficient (Wildman–Crippen LogP) is 13.1. The molecule has 8 aromatic carbocycles. The molecule has 0 atom stereocenters. The van der Waals surface area contributed by atoms with E-state index in [0.717, 1.165) is 93.4 Å². The van der Waals surface area contributed by atoms with Gasteiger partial charge in [0.15, 0.2) is 0 Å². The van der Waals surface area contributed by atoms with Crippen molar-refractivity contribution in [3.05, 3.63) is 182 Å². The van der Waals surface area contributed by atoms with E-state index >= 15 is 0 Å². The van der Waals surface area contributed by atoms with Crippen LogP contribution in [0, 0.1) is 0 Å². The molecule has 4 heterocycles. The van der Waals surface area contributed by atoms with E-state index in [9.17, 15) is 0 Å². The van der Waals surface area contributed by atoms with Crippen molar-refractivity contribution in [2.75, 3.05) is 0 Å². The van der Waals surface area contributed by atoms with E-state index < -0.39 is 0 Å². The monoisotopic (exact) mass is 702 g/mol. The Morgan fingerprint density at radius 3 is 1.78 bits per heavy atom. The second-order valence-corrected chi connectivity index (χ2v) is 14.1. The number of furan rings is 1. The minimum atomic E-state index is 0.632. The molecular formula is C50H30N4O. The van der Waals surface area contributed by atoms with Gasteiger partial charge in [-0.2, -0.15) is 0 Å². The van der Waals surface area contributed by atoms with Gasteiger partial charge in [-0.15, -0.1) is 0 Å². The quantitative estimate of drug-likeness (QED) is 0.183. The summed E-state index contributed by atoms with van der Waals surface area (Å²) in [6, 6.07) is 64.0. The molecule has 0 aliphatic rings. The summed E-state index contributed by atoms with van der Waals surface area (Å²) in [6.45, 7) is 0. The lowest BCUT2D eigenvalue weighted by Crippen LogP contribution is -2.03. The Bertz CT molecular complexity index is 3470. The Kier molecular flexibility index (Phi) is 6.27. The number of hydrogen-bond donors (Lipinski definition) is 0. The van der Waals surface area contributed by atoms with Crippen LogP contribution in [0.4, 0.5) is 0 Å². The third-order valence-corrected chi connectivity index (χ3v) is 11.1.